The van der Waals surface area contributed by atoms with Gasteiger partial charge in [-0.3, -0.25) is 20.1 Å². The number of para-hydroxylation sites is 1. The summed E-state index contributed by atoms with van der Waals surface area (Å²) >= 11 is 1.28. The number of thiazole rings is 1. The molecule has 1 unspecified atom stereocenters. The molecule has 2 aromatic carbocycles. The summed E-state index contributed by atoms with van der Waals surface area (Å²) in [6.45, 7) is 1.50. The highest BCUT2D eigenvalue weighted by Crippen LogP contribution is 2.27. The average Bonchev–Trinajstić information content (AvgIpc) is 3.27. The Labute approximate surface area is 181 Å². The van der Waals surface area contributed by atoms with Crippen LogP contribution in [0.4, 0.5) is 5.13 Å². The smallest absolute Gasteiger partial charge is 0.341 e. The van der Waals surface area contributed by atoms with E-state index in [4.69, 9.17) is 9.47 Å². The molecule has 0 bridgehead atoms. The number of anilines is 1. The van der Waals surface area contributed by atoms with Crippen molar-refractivity contribution in [2.45, 2.75) is 13.0 Å². The first-order chi connectivity index (χ1) is 15.0. The molecule has 1 amide bonds. The minimum Gasteiger partial charge on any atom is -0.497 e. The summed E-state index contributed by atoms with van der Waals surface area (Å²) in [5.74, 6) is -0.411. The first-order valence-corrected chi connectivity index (χ1v) is 10.2. The van der Waals surface area contributed by atoms with E-state index in [0.717, 1.165) is 11.3 Å². The topological polar surface area (TPSA) is 103 Å². The normalized spacial score (nSPS) is 11.7. The summed E-state index contributed by atoms with van der Waals surface area (Å²) < 4.78 is 10.6. The number of fused-ring (bicyclic) bond motifs is 1. The maximum Gasteiger partial charge on any atom is 0.341 e. The van der Waals surface area contributed by atoms with Gasteiger partial charge < -0.3 is 9.47 Å². The van der Waals surface area contributed by atoms with Crippen LogP contribution in [-0.4, -0.2) is 40.0 Å². The molecule has 4 rings (SSSR count). The maximum atomic E-state index is 12.6. The highest BCUT2D eigenvalue weighted by molar-refractivity contribution is 7.14. The highest BCUT2D eigenvalue weighted by Gasteiger charge is 2.22. The second kappa shape index (κ2) is 8.88. The third-order valence-corrected chi connectivity index (χ3v) is 5.23. The molecule has 0 aliphatic carbocycles. The molecular weight excluding hydrogens is 416 g/mol. The lowest BCUT2D eigenvalue weighted by Gasteiger charge is -2.13. The lowest BCUT2D eigenvalue weighted by Crippen LogP contribution is -2.30. The number of nitrogens with zero attached hydrogens (tertiary/aromatic N) is 3. The Balaban J connectivity index is 1.43. The number of ether oxygens (including phenoxy) is 2. The lowest BCUT2D eigenvalue weighted by atomic mass is 10.2. The average molecular weight is 434 g/mol. The van der Waals surface area contributed by atoms with Crippen molar-refractivity contribution in [3.8, 4) is 17.0 Å². The van der Waals surface area contributed by atoms with Crippen LogP contribution in [0.25, 0.3) is 22.3 Å². The number of benzene rings is 2. The SMILES string of the molecule is COc1cccc(-c2csc(NC(=O)C(C)OC(=O)c3cccc4nccnc34)n2)c1. The molecule has 2 heterocycles. The minimum atomic E-state index is -1.02. The number of hydrogen-bond acceptors (Lipinski definition) is 8. The fourth-order valence-corrected chi connectivity index (χ4v) is 3.61. The first kappa shape index (κ1) is 20.4. The fourth-order valence-electron chi connectivity index (χ4n) is 2.89. The fraction of sp³-hybridized carbons (Fsp3) is 0.136. The molecule has 8 nitrogen and oxygen atoms in total. The van der Waals surface area contributed by atoms with Crippen molar-refractivity contribution in [2.24, 2.45) is 0 Å². The zero-order chi connectivity index (χ0) is 21.8. The molecule has 0 aliphatic rings. The lowest BCUT2D eigenvalue weighted by molar-refractivity contribution is -0.123. The predicted octanol–water partition coefficient (Wildman–Crippen LogP) is 3.95. The Morgan fingerprint density at radius 1 is 1.10 bits per heavy atom. The van der Waals surface area contributed by atoms with Gasteiger partial charge in [-0.15, -0.1) is 11.3 Å². The van der Waals surface area contributed by atoms with E-state index in [2.05, 4.69) is 20.3 Å². The number of nitrogens with one attached hydrogen (secondary N) is 1. The Hall–Kier alpha value is -3.85. The van der Waals surface area contributed by atoms with Gasteiger partial charge in [-0.05, 0) is 31.2 Å². The van der Waals surface area contributed by atoms with Crippen molar-refractivity contribution >= 4 is 39.4 Å². The molecule has 0 saturated carbocycles. The van der Waals surface area contributed by atoms with Gasteiger partial charge in [0, 0.05) is 23.3 Å². The van der Waals surface area contributed by atoms with Crippen LogP contribution in [0.5, 0.6) is 5.75 Å². The molecule has 0 fully saturated rings. The van der Waals surface area contributed by atoms with Gasteiger partial charge in [0.2, 0.25) is 0 Å². The number of hydrogen-bond donors (Lipinski definition) is 1. The van der Waals surface area contributed by atoms with E-state index in [0.29, 0.717) is 21.9 Å². The van der Waals surface area contributed by atoms with E-state index >= 15 is 0 Å². The first-order valence-electron chi connectivity index (χ1n) is 9.36. The third kappa shape index (κ3) is 4.51. The molecule has 4 aromatic rings. The molecule has 0 saturated heterocycles. The van der Waals surface area contributed by atoms with E-state index in [-0.39, 0.29) is 5.56 Å². The van der Waals surface area contributed by atoms with E-state index in [1.54, 1.807) is 31.5 Å². The molecule has 31 heavy (non-hydrogen) atoms. The molecule has 0 spiro atoms. The summed E-state index contributed by atoms with van der Waals surface area (Å²) in [5.41, 5.74) is 2.82. The second-order valence-electron chi connectivity index (χ2n) is 6.54. The Kier molecular flexibility index (Phi) is 5.85. The molecule has 156 valence electrons. The van der Waals surface area contributed by atoms with Gasteiger partial charge in [0.15, 0.2) is 11.2 Å². The number of carbonyl (C=O) groups excluding carboxylic acids is 2. The third-order valence-electron chi connectivity index (χ3n) is 4.47. The van der Waals surface area contributed by atoms with E-state index in [1.807, 2.05) is 29.6 Å². The van der Waals surface area contributed by atoms with Crippen LogP contribution in [-0.2, 0) is 9.53 Å². The van der Waals surface area contributed by atoms with Crippen molar-refractivity contribution in [3.63, 3.8) is 0 Å². The monoisotopic (exact) mass is 434 g/mol. The molecule has 1 N–H and O–H groups in total. The number of esters is 1. The summed E-state index contributed by atoms with van der Waals surface area (Å²) in [6, 6.07) is 12.5. The maximum absolute atomic E-state index is 12.6. The zero-order valence-corrected chi connectivity index (χ0v) is 17.6. The van der Waals surface area contributed by atoms with Gasteiger partial charge in [-0.1, -0.05) is 18.2 Å². The van der Waals surface area contributed by atoms with Gasteiger partial charge in [-0.25, -0.2) is 9.78 Å². The van der Waals surface area contributed by atoms with E-state index < -0.39 is 18.0 Å². The van der Waals surface area contributed by atoms with Crippen LogP contribution in [0.2, 0.25) is 0 Å². The Bertz CT molecular complexity index is 1250. The Morgan fingerprint density at radius 3 is 2.74 bits per heavy atom. The van der Waals surface area contributed by atoms with Gasteiger partial charge in [0.25, 0.3) is 5.91 Å². The van der Waals surface area contributed by atoms with Crippen molar-refractivity contribution in [3.05, 3.63) is 65.8 Å². The van der Waals surface area contributed by atoms with Gasteiger partial charge in [0.1, 0.15) is 11.3 Å². The second-order valence-corrected chi connectivity index (χ2v) is 7.39. The van der Waals surface area contributed by atoms with Crippen molar-refractivity contribution in [2.75, 3.05) is 12.4 Å². The standard InChI is InChI=1S/C22H18N4O4S/c1-13(30-21(28)16-7-4-8-17-19(16)24-10-9-23-17)20(27)26-22-25-18(12-31-22)14-5-3-6-15(11-14)29-2/h3-13H,1-2H3,(H,25,26,27). The number of carbonyl (C=O) groups is 2. The summed E-state index contributed by atoms with van der Waals surface area (Å²) in [7, 11) is 1.60. The number of amides is 1. The van der Waals surface area contributed by atoms with Crippen LogP contribution in [0.3, 0.4) is 0 Å². The Morgan fingerprint density at radius 2 is 1.90 bits per heavy atom. The van der Waals surface area contributed by atoms with Crippen LogP contribution in [0.15, 0.2) is 60.2 Å². The van der Waals surface area contributed by atoms with Crippen LogP contribution in [0, 0.1) is 0 Å². The van der Waals surface area contributed by atoms with E-state index in [9.17, 15) is 9.59 Å². The van der Waals surface area contributed by atoms with Crippen molar-refractivity contribution in [1.82, 2.24) is 15.0 Å². The molecule has 0 aliphatic heterocycles. The highest BCUT2D eigenvalue weighted by atomic mass is 32.1. The van der Waals surface area contributed by atoms with Crippen LogP contribution < -0.4 is 10.1 Å². The largest absolute Gasteiger partial charge is 0.497 e. The zero-order valence-electron chi connectivity index (χ0n) is 16.7. The summed E-state index contributed by atoms with van der Waals surface area (Å²) in [4.78, 5) is 37.9. The van der Waals surface area contributed by atoms with Gasteiger partial charge in [-0.2, -0.15) is 0 Å². The molecule has 0 radical (unpaired) electrons. The van der Waals surface area contributed by atoms with E-state index in [1.165, 1.54) is 24.5 Å². The number of methoxy groups -OCH3 is 1. The van der Waals surface area contributed by atoms with Gasteiger partial charge >= 0.3 is 5.97 Å². The molecular formula is C22H18N4O4S. The van der Waals surface area contributed by atoms with Crippen molar-refractivity contribution < 1.29 is 19.1 Å². The summed E-state index contributed by atoms with van der Waals surface area (Å²) in [6.07, 6.45) is 2.02. The molecule has 1 atom stereocenters. The van der Waals surface area contributed by atoms with Crippen LogP contribution in [0.1, 0.15) is 17.3 Å². The predicted molar refractivity (Wildman–Crippen MR) is 117 cm³/mol. The van der Waals surface area contributed by atoms with Crippen molar-refractivity contribution in [1.29, 1.82) is 0 Å². The summed E-state index contributed by atoms with van der Waals surface area (Å²) in [5, 5.41) is 4.92. The quantitative estimate of drug-likeness (QED) is 0.458. The van der Waals surface area contributed by atoms with Gasteiger partial charge in [0.05, 0.1) is 23.9 Å². The number of rotatable bonds is 6. The molecule has 9 heteroatoms. The minimum absolute atomic E-state index is 0.250. The van der Waals surface area contributed by atoms with Crippen LogP contribution >= 0.6 is 11.3 Å². The number of aromatic nitrogens is 3. The molecule has 2 aromatic heterocycles.